The summed E-state index contributed by atoms with van der Waals surface area (Å²) < 4.78 is 15.9. The molecule has 0 saturated carbocycles. The maximum absolute atomic E-state index is 12.5. The summed E-state index contributed by atoms with van der Waals surface area (Å²) in [5.74, 6) is -1.29. The van der Waals surface area contributed by atoms with Crippen molar-refractivity contribution in [2.75, 3.05) is 6.79 Å². The normalized spacial score (nSPS) is 13.7. The monoisotopic (exact) mass is 354 g/mol. The first kappa shape index (κ1) is 16.0. The van der Waals surface area contributed by atoms with Gasteiger partial charge in [-0.1, -0.05) is 18.2 Å². The number of aromatic hydroxyl groups is 1. The highest BCUT2D eigenvalue weighted by molar-refractivity contribution is 5.84. The number of para-hydroxylation sites is 1. The maximum Gasteiger partial charge on any atom is 0.343 e. The zero-order valence-corrected chi connectivity index (χ0v) is 13.5. The third kappa shape index (κ3) is 2.63. The molecule has 0 amide bonds. The van der Waals surface area contributed by atoms with E-state index in [1.54, 1.807) is 42.5 Å². The van der Waals surface area contributed by atoms with Crippen LogP contribution >= 0.6 is 0 Å². The number of carbonyl (C=O) groups is 1. The van der Waals surface area contributed by atoms with Gasteiger partial charge in [0.05, 0.1) is 17.4 Å². The van der Waals surface area contributed by atoms with E-state index in [1.165, 1.54) is 0 Å². The Morgan fingerprint density at radius 1 is 1.12 bits per heavy atom. The number of carboxylic acid groups (broad SMARTS) is 1. The number of ether oxygens (including phenoxy) is 2. The second-order valence-corrected chi connectivity index (χ2v) is 5.91. The molecule has 0 spiro atoms. The lowest BCUT2D eigenvalue weighted by atomic mass is 9.88. The van der Waals surface area contributed by atoms with E-state index in [1.807, 2.05) is 0 Å². The van der Waals surface area contributed by atoms with Gasteiger partial charge in [0.25, 0.3) is 0 Å². The highest BCUT2D eigenvalue weighted by atomic mass is 16.7. The van der Waals surface area contributed by atoms with Crippen molar-refractivity contribution in [3.63, 3.8) is 0 Å². The van der Waals surface area contributed by atoms with Crippen molar-refractivity contribution in [1.29, 1.82) is 0 Å². The Morgan fingerprint density at radius 3 is 2.69 bits per heavy atom. The van der Waals surface area contributed by atoms with Crippen LogP contribution in [0.3, 0.4) is 0 Å². The van der Waals surface area contributed by atoms with Crippen LogP contribution in [0.15, 0.2) is 51.7 Å². The standard InChI is InChI=1S/C19H14O7/c20-16(21)8-12(10-5-6-14-15(7-10)25-9-24-14)17-18(22)11-3-1-2-4-13(11)26-19(17)23/h1-7,12,22H,8-9H2,(H,20,21). The molecule has 1 unspecified atom stereocenters. The van der Waals surface area contributed by atoms with E-state index in [0.29, 0.717) is 22.4 Å². The summed E-state index contributed by atoms with van der Waals surface area (Å²) in [6.07, 6.45) is -0.393. The van der Waals surface area contributed by atoms with Gasteiger partial charge in [-0.3, -0.25) is 4.79 Å². The van der Waals surface area contributed by atoms with Crippen LogP contribution in [0.1, 0.15) is 23.5 Å². The lowest BCUT2D eigenvalue weighted by Crippen LogP contribution is -2.17. The zero-order chi connectivity index (χ0) is 18.3. The summed E-state index contributed by atoms with van der Waals surface area (Å²) in [5.41, 5.74) is -0.122. The summed E-state index contributed by atoms with van der Waals surface area (Å²) in [7, 11) is 0. The molecule has 2 aromatic carbocycles. The molecular formula is C19H14O7. The first-order valence-corrected chi connectivity index (χ1v) is 7.90. The van der Waals surface area contributed by atoms with E-state index >= 15 is 0 Å². The number of benzene rings is 2. The van der Waals surface area contributed by atoms with E-state index < -0.39 is 23.9 Å². The molecule has 7 nitrogen and oxygen atoms in total. The van der Waals surface area contributed by atoms with Crippen molar-refractivity contribution in [3.05, 3.63) is 64.0 Å². The maximum atomic E-state index is 12.5. The van der Waals surface area contributed by atoms with Crippen LogP contribution in [-0.2, 0) is 4.79 Å². The van der Waals surface area contributed by atoms with Crippen molar-refractivity contribution in [2.24, 2.45) is 0 Å². The summed E-state index contributed by atoms with van der Waals surface area (Å²) >= 11 is 0. The lowest BCUT2D eigenvalue weighted by molar-refractivity contribution is -0.137. The Balaban J connectivity index is 1.92. The van der Waals surface area contributed by atoms with Crippen LogP contribution in [0.2, 0.25) is 0 Å². The molecule has 4 rings (SSSR count). The summed E-state index contributed by atoms with van der Waals surface area (Å²) in [4.78, 5) is 23.9. The van der Waals surface area contributed by atoms with Gasteiger partial charge in [-0.25, -0.2) is 4.79 Å². The summed E-state index contributed by atoms with van der Waals surface area (Å²) in [6, 6.07) is 11.4. The number of carboxylic acids is 1. The molecule has 2 heterocycles. The molecule has 26 heavy (non-hydrogen) atoms. The second-order valence-electron chi connectivity index (χ2n) is 5.91. The summed E-state index contributed by atoms with van der Waals surface area (Å²) in [5, 5.41) is 20.3. The van der Waals surface area contributed by atoms with E-state index in [9.17, 15) is 19.8 Å². The van der Waals surface area contributed by atoms with Crippen LogP contribution in [0.4, 0.5) is 0 Å². The first-order valence-electron chi connectivity index (χ1n) is 7.90. The zero-order valence-electron chi connectivity index (χ0n) is 13.5. The Kier molecular flexibility index (Phi) is 3.76. The molecule has 3 aromatic rings. The Labute approximate surface area is 147 Å². The first-order chi connectivity index (χ1) is 12.5. The van der Waals surface area contributed by atoms with Gasteiger partial charge in [0.2, 0.25) is 6.79 Å². The number of fused-ring (bicyclic) bond motifs is 2. The predicted molar refractivity (Wildman–Crippen MR) is 90.8 cm³/mol. The van der Waals surface area contributed by atoms with Crippen LogP contribution in [0.25, 0.3) is 11.0 Å². The van der Waals surface area contributed by atoms with Crippen LogP contribution < -0.4 is 15.1 Å². The van der Waals surface area contributed by atoms with Gasteiger partial charge in [0.15, 0.2) is 11.5 Å². The van der Waals surface area contributed by atoms with Crippen molar-refractivity contribution in [1.82, 2.24) is 0 Å². The molecule has 1 aromatic heterocycles. The number of hydrogen-bond acceptors (Lipinski definition) is 6. The predicted octanol–water partition coefficient (Wildman–Crippen LogP) is 2.83. The van der Waals surface area contributed by atoms with Gasteiger partial charge >= 0.3 is 11.6 Å². The van der Waals surface area contributed by atoms with Gasteiger partial charge in [0, 0.05) is 5.92 Å². The Morgan fingerprint density at radius 2 is 1.88 bits per heavy atom. The fourth-order valence-corrected chi connectivity index (χ4v) is 3.15. The van der Waals surface area contributed by atoms with Crippen LogP contribution in [0.5, 0.6) is 17.2 Å². The highest BCUT2D eigenvalue weighted by Crippen LogP contribution is 2.40. The quantitative estimate of drug-likeness (QED) is 0.694. The largest absolute Gasteiger partial charge is 0.507 e. The average Bonchev–Trinajstić information content (AvgIpc) is 3.08. The molecule has 0 fully saturated rings. The highest BCUT2D eigenvalue weighted by Gasteiger charge is 2.28. The van der Waals surface area contributed by atoms with Gasteiger partial charge in [0.1, 0.15) is 11.3 Å². The second kappa shape index (κ2) is 6.11. The number of rotatable bonds is 4. The number of hydrogen-bond donors (Lipinski definition) is 2. The minimum absolute atomic E-state index is 0.0751. The Hall–Kier alpha value is -3.48. The van der Waals surface area contributed by atoms with Gasteiger partial charge < -0.3 is 24.1 Å². The van der Waals surface area contributed by atoms with Crippen LogP contribution in [-0.4, -0.2) is 23.0 Å². The molecule has 0 saturated heterocycles. The molecular weight excluding hydrogens is 340 g/mol. The molecule has 1 aliphatic heterocycles. The SMILES string of the molecule is O=C(O)CC(c1ccc2c(c1)OCO2)c1c(O)c2ccccc2oc1=O. The molecule has 1 atom stereocenters. The number of aliphatic carboxylic acids is 1. The van der Waals surface area contributed by atoms with Crippen molar-refractivity contribution in [3.8, 4) is 17.2 Å². The van der Waals surface area contributed by atoms with Gasteiger partial charge in [-0.2, -0.15) is 0 Å². The third-order valence-electron chi connectivity index (χ3n) is 4.35. The van der Waals surface area contributed by atoms with E-state index in [4.69, 9.17) is 13.9 Å². The third-order valence-corrected chi connectivity index (χ3v) is 4.35. The van der Waals surface area contributed by atoms with Crippen molar-refractivity contribution < 1.29 is 28.9 Å². The average molecular weight is 354 g/mol. The molecule has 132 valence electrons. The summed E-state index contributed by atoms with van der Waals surface area (Å²) in [6.45, 7) is 0.0751. The molecule has 2 N–H and O–H groups in total. The van der Waals surface area contributed by atoms with Crippen molar-refractivity contribution in [2.45, 2.75) is 12.3 Å². The molecule has 0 aliphatic carbocycles. The van der Waals surface area contributed by atoms with E-state index in [-0.39, 0.29) is 23.7 Å². The van der Waals surface area contributed by atoms with Gasteiger partial charge in [-0.15, -0.1) is 0 Å². The van der Waals surface area contributed by atoms with E-state index in [0.717, 1.165) is 0 Å². The molecule has 7 heteroatoms. The lowest BCUT2D eigenvalue weighted by Gasteiger charge is -2.17. The molecule has 0 radical (unpaired) electrons. The molecule has 1 aliphatic rings. The minimum Gasteiger partial charge on any atom is -0.507 e. The minimum atomic E-state index is -1.11. The topological polar surface area (TPSA) is 106 Å². The van der Waals surface area contributed by atoms with E-state index in [2.05, 4.69) is 0 Å². The van der Waals surface area contributed by atoms with Crippen molar-refractivity contribution >= 4 is 16.9 Å². The fourth-order valence-electron chi connectivity index (χ4n) is 3.15. The van der Waals surface area contributed by atoms with Crippen LogP contribution in [0, 0.1) is 0 Å². The smallest absolute Gasteiger partial charge is 0.343 e. The van der Waals surface area contributed by atoms with Gasteiger partial charge in [-0.05, 0) is 29.8 Å². The Bertz CT molecular complexity index is 1070. The fraction of sp³-hybridized carbons (Fsp3) is 0.158. The molecule has 0 bridgehead atoms.